The van der Waals surface area contributed by atoms with E-state index in [9.17, 15) is 35.9 Å². The minimum atomic E-state index is -4.69. The predicted octanol–water partition coefficient (Wildman–Crippen LogP) is 2.89. The summed E-state index contributed by atoms with van der Waals surface area (Å²) in [5, 5.41) is 15.6. The highest BCUT2D eigenvalue weighted by Crippen LogP contribution is 2.31. The second kappa shape index (κ2) is 11.7. The van der Waals surface area contributed by atoms with Gasteiger partial charge in [0, 0.05) is 12.7 Å². The predicted molar refractivity (Wildman–Crippen MR) is 128 cm³/mol. The molecule has 19 heteroatoms. The number of hydrogen-bond acceptors (Lipinski definition) is 9. The third-order valence-electron chi connectivity index (χ3n) is 6.60. The molecule has 1 saturated heterocycles. The Labute approximate surface area is 233 Å². The Morgan fingerprint density at radius 1 is 1.24 bits per heavy atom. The van der Waals surface area contributed by atoms with Crippen molar-refractivity contribution >= 4 is 17.6 Å². The molecule has 3 amide bonds. The normalized spacial score (nSPS) is 19.0. The van der Waals surface area contributed by atoms with Crippen molar-refractivity contribution in [1.29, 1.82) is 0 Å². The Morgan fingerprint density at radius 2 is 1.95 bits per heavy atom. The maximum Gasteiger partial charge on any atom is 0.414 e. The molecule has 3 aromatic heterocycles. The minimum Gasteiger partial charge on any atom is -0.382 e. The van der Waals surface area contributed by atoms with Crippen LogP contribution in [-0.2, 0) is 9.47 Å². The van der Waals surface area contributed by atoms with Gasteiger partial charge in [-0.15, -0.1) is 0 Å². The van der Waals surface area contributed by atoms with E-state index in [0.29, 0.717) is 0 Å². The number of fused-ring (bicyclic) bond motifs is 1. The summed E-state index contributed by atoms with van der Waals surface area (Å²) in [7, 11) is 1.31. The average Bonchev–Trinajstić information content (AvgIpc) is 3.62. The van der Waals surface area contributed by atoms with E-state index in [0.717, 1.165) is 11.8 Å². The molecule has 13 nitrogen and oxygen atoms in total. The van der Waals surface area contributed by atoms with Crippen molar-refractivity contribution in [3.63, 3.8) is 0 Å². The fourth-order valence-electron chi connectivity index (χ4n) is 4.33. The third kappa shape index (κ3) is 6.56. The van der Waals surface area contributed by atoms with E-state index in [1.807, 2.05) is 5.32 Å². The Morgan fingerprint density at radius 3 is 2.52 bits per heavy atom. The number of imidazole rings is 1. The molecule has 5 atom stereocenters. The fourth-order valence-corrected chi connectivity index (χ4v) is 4.33. The van der Waals surface area contributed by atoms with Gasteiger partial charge in [0.2, 0.25) is 0 Å². The molecular formula is C23H26F6N8O5. The summed E-state index contributed by atoms with van der Waals surface area (Å²) >= 11 is 0. The van der Waals surface area contributed by atoms with Gasteiger partial charge in [-0.3, -0.25) is 4.79 Å². The molecule has 0 spiro atoms. The van der Waals surface area contributed by atoms with Crippen molar-refractivity contribution in [2.75, 3.05) is 20.3 Å². The van der Waals surface area contributed by atoms with Gasteiger partial charge in [-0.2, -0.15) is 31.4 Å². The molecule has 1 fully saturated rings. The molecule has 4 heterocycles. The number of methoxy groups -OCH3 is 1. The maximum atomic E-state index is 13.2. The average molecular weight is 609 g/mol. The van der Waals surface area contributed by atoms with Gasteiger partial charge in [-0.05, 0) is 32.0 Å². The van der Waals surface area contributed by atoms with Crippen LogP contribution in [0.1, 0.15) is 53.4 Å². The number of nitrogens with one attached hydrogen (secondary N) is 2. The highest BCUT2D eigenvalue weighted by Gasteiger charge is 2.48. The molecule has 1 aliphatic heterocycles. The highest BCUT2D eigenvalue weighted by atomic mass is 19.4. The Balaban J connectivity index is 1.67. The molecular weight excluding hydrogens is 582 g/mol. The van der Waals surface area contributed by atoms with Crippen LogP contribution in [0.25, 0.3) is 5.65 Å². The lowest BCUT2D eigenvalue weighted by Gasteiger charge is -2.27. The van der Waals surface area contributed by atoms with Crippen LogP contribution >= 0.6 is 0 Å². The fraction of sp³-hybridized carbons (Fsp3) is 0.565. The van der Waals surface area contributed by atoms with Crippen LogP contribution in [0.2, 0.25) is 0 Å². The van der Waals surface area contributed by atoms with Crippen molar-refractivity contribution in [1.82, 2.24) is 40.4 Å². The Hall–Kier alpha value is -4.00. The van der Waals surface area contributed by atoms with Crippen molar-refractivity contribution in [3.05, 3.63) is 41.1 Å². The van der Waals surface area contributed by atoms with Crippen LogP contribution in [0, 0.1) is 6.92 Å². The molecule has 0 radical (unpaired) electrons. The van der Waals surface area contributed by atoms with Crippen LogP contribution in [-0.4, -0.2) is 92.6 Å². The second-order valence-corrected chi connectivity index (χ2v) is 9.60. The van der Waals surface area contributed by atoms with E-state index in [2.05, 4.69) is 30.3 Å². The Kier molecular flexibility index (Phi) is 8.63. The van der Waals surface area contributed by atoms with Crippen molar-refractivity contribution in [2.45, 2.75) is 63.5 Å². The number of halogens is 6. The zero-order chi connectivity index (χ0) is 31.0. The third-order valence-corrected chi connectivity index (χ3v) is 6.60. The smallest absolute Gasteiger partial charge is 0.382 e. The summed E-state index contributed by atoms with van der Waals surface area (Å²) < 4.78 is 95.5. The molecule has 3 aromatic rings. The first-order valence-corrected chi connectivity index (χ1v) is 12.4. The largest absolute Gasteiger partial charge is 0.414 e. The van der Waals surface area contributed by atoms with Gasteiger partial charge in [0.1, 0.15) is 11.7 Å². The number of aryl methyl sites for hydroxylation is 1. The SMILES string of the molecule is COCC(c1cnn2cc(C(NC(=O)c3nonc3C)C(C)OC(C)C(F)(F)F)nc2c1)N1CC(C(F)(F)F)NC1=O. The van der Waals surface area contributed by atoms with Gasteiger partial charge < -0.3 is 25.0 Å². The van der Waals surface area contributed by atoms with E-state index < -0.39 is 61.2 Å². The number of ether oxygens (including phenoxy) is 2. The first-order valence-electron chi connectivity index (χ1n) is 12.4. The quantitative estimate of drug-likeness (QED) is 0.332. The molecule has 4 rings (SSSR count). The minimum absolute atomic E-state index is 0.0447. The molecule has 0 aliphatic carbocycles. The zero-order valence-corrected chi connectivity index (χ0v) is 22.5. The van der Waals surface area contributed by atoms with Gasteiger partial charge in [-0.25, -0.2) is 18.9 Å². The first-order chi connectivity index (χ1) is 19.6. The number of rotatable bonds is 10. The monoisotopic (exact) mass is 608 g/mol. The standard InChI is InChI=1S/C23H26F6N8O5/c1-10-18(35-42-34-10)20(38)33-19(11(2)41-12(3)22(24,25)26)14-7-37-17(31-14)5-13(6-30-37)15(9-40-4)36-8-16(23(27,28)29)32-21(36)39/h5-7,11-12,15-16,19H,8-9H2,1-4H3,(H,32,39)(H,33,38). The lowest BCUT2D eigenvalue weighted by molar-refractivity contribution is -0.227. The van der Waals surface area contributed by atoms with Crippen molar-refractivity contribution in [2.24, 2.45) is 0 Å². The summed E-state index contributed by atoms with van der Waals surface area (Å²) in [4.78, 5) is 30.6. The van der Waals surface area contributed by atoms with Gasteiger partial charge >= 0.3 is 18.4 Å². The van der Waals surface area contributed by atoms with Gasteiger partial charge in [-0.1, -0.05) is 5.16 Å². The van der Waals surface area contributed by atoms with E-state index in [1.54, 1.807) is 0 Å². The molecule has 42 heavy (non-hydrogen) atoms. The number of carbonyl (C=O) groups excluding carboxylic acids is 2. The number of carbonyl (C=O) groups is 2. The zero-order valence-electron chi connectivity index (χ0n) is 22.5. The molecule has 0 aromatic carbocycles. The van der Waals surface area contributed by atoms with Crippen molar-refractivity contribution < 1.29 is 50.0 Å². The Bertz CT molecular complexity index is 1430. The van der Waals surface area contributed by atoms with Gasteiger partial charge in [0.25, 0.3) is 5.91 Å². The summed E-state index contributed by atoms with van der Waals surface area (Å²) in [6.45, 7) is 2.72. The molecule has 230 valence electrons. The van der Waals surface area contributed by atoms with Crippen LogP contribution in [0.3, 0.4) is 0 Å². The van der Waals surface area contributed by atoms with Crippen LogP contribution in [0.5, 0.6) is 0 Å². The van der Waals surface area contributed by atoms with Crippen LogP contribution < -0.4 is 10.6 Å². The summed E-state index contributed by atoms with van der Waals surface area (Å²) in [6, 6.07) is -3.83. The number of alkyl halides is 6. The van der Waals surface area contributed by atoms with Crippen molar-refractivity contribution in [3.8, 4) is 0 Å². The second-order valence-electron chi connectivity index (χ2n) is 9.60. The van der Waals surface area contributed by atoms with E-state index in [4.69, 9.17) is 9.47 Å². The maximum absolute atomic E-state index is 13.2. The highest BCUT2D eigenvalue weighted by molar-refractivity contribution is 5.93. The van der Waals surface area contributed by atoms with Crippen LogP contribution in [0.4, 0.5) is 31.1 Å². The lowest BCUT2D eigenvalue weighted by atomic mass is 10.1. The number of aromatic nitrogens is 5. The molecule has 2 N–H and O–H groups in total. The number of nitrogens with zero attached hydrogens (tertiary/aromatic N) is 6. The lowest BCUT2D eigenvalue weighted by Crippen LogP contribution is -2.41. The van der Waals surface area contributed by atoms with Gasteiger partial charge in [0.15, 0.2) is 17.4 Å². The number of urea groups is 1. The number of hydrogen-bond donors (Lipinski definition) is 2. The van der Waals surface area contributed by atoms with E-state index >= 15 is 0 Å². The molecule has 0 saturated carbocycles. The molecule has 5 unspecified atom stereocenters. The summed E-state index contributed by atoms with van der Waals surface area (Å²) in [6.07, 6.45) is -10.2. The summed E-state index contributed by atoms with van der Waals surface area (Å²) in [5.74, 6) is -0.820. The summed E-state index contributed by atoms with van der Waals surface area (Å²) in [5.41, 5.74) is 0.365. The van der Waals surface area contributed by atoms with E-state index in [1.165, 1.54) is 43.9 Å². The molecule has 1 aliphatic rings. The van der Waals surface area contributed by atoms with Crippen LogP contribution in [0.15, 0.2) is 23.1 Å². The molecule has 0 bridgehead atoms. The number of amides is 3. The van der Waals surface area contributed by atoms with E-state index in [-0.39, 0.29) is 34.9 Å². The first kappa shape index (κ1) is 30.9. The topological polar surface area (TPSA) is 149 Å². The van der Waals surface area contributed by atoms with Gasteiger partial charge in [0.05, 0.1) is 49.4 Å².